The summed E-state index contributed by atoms with van der Waals surface area (Å²) in [4.78, 5) is 0.174. The van der Waals surface area contributed by atoms with Crippen molar-refractivity contribution in [2.75, 3.05) is 32.7 Å². The first-order valence-corrected chi connectivity index (χ1v) is 9.02. The van der Waals surface area contributed by atoms with Gasteiger partial charge in [0.1, 0.15) is 10.6 Å². The average Bonchev–Trinajstić information content (AvgIpc) is 2.43. The molecule has 0 fully saturated rings. The molecule has 0 aliphatic rings. The van der Waals surface area contributed by atoms with Gasteiger partial charge in [-0.3, -0.25) is 0 Å². The van der Waals surface area contributed by atoms with E-state index in [4.69, 9.17) is 16.3 Å². The zero-order valence-electron chi connectivity index (χ0n) is 11.2. The van der Waals surface area contributed by atoms with Gasteiger partial charge in [0.2, 0.25) is 10.0 Å². The van der Waals surface area contributed by atoms with E-state index in [9.17, 15) is 8.42 Å². The van der Waals surface area contributed by atoms with Crippen LogP contribution in [-0.4, -0.2) is 45.4 Å². The molecule has 0 aliphatic carbocycles. The van der Waals surface area contributed by atoms with Crippen molar-refractivity contribution in [2.24, 2.45) is 0 Å². The fourth-order valence-electron chi connectivity index (χ4n) is 1.52. The molecule has 0 unspecified atom stereocenters. The first-order valence-electron chi connectivity index (χ1n) is 5.65. The lowest BCUT2D eigenvalue weighted by atomic mass is 10.2. The second-order valence-corrected chi connectivity index (χ2v) is 7.20. The standard InChI is InChI=1S/C12H18ClNO3S2/c1-14(6-7-18-3)19(15,16)12-5-4-10(9-13)8-11(12)17-2/h4-5,8H,6-7,9H2,1-3H3. The second-order valence-electron chi connectivity index (χ2n) is 3.94. The largest absolute Gasteiger partial charge is 0.495 e. The molecule has 7 heteroatoms. The molecule has 0 aromatic heterocycles. The van der Waals surface area contributed by atoms with Crippen LogP contribution in [0.4, 0.5) is 0 Å². The molecule has 0 saturated carbocycles. The van der Waals surface area contributed by atoms with Gasteiger partial charge in [0.25, 0.3) is 0 Å². The molecule has 0 N–H and O–H groups in total. The fraction of sp³-hybridized carbons (Fsp3) is 0.500. The summed E-state index contributed by atoms with van der Waals surface area (Å²) < 4.78 is 31.3. The molecule has 0 radical (unpaired) electrons. The maximum Gasteiger partial charge on any atom is 0.246 e. The third-order valence-electron chi connectivity index (χ3n) is 2.68. The highest BCUT2D eigenvalue weighted by Gasteiger charge is 2.24. The normalized spacial score (nSPS) is 11.8. The summed E-state index contributed by atoms with van der Waals surface area (Å²) in [5.41, 5.74) is 0.823. The van der Waals surface area contributed by atoms with Crippen molar-refractivity contribution in [1.29, 1.82) is 0 Å². The second kappa shape index (κ2) is 7.38. The number of ether oxygens (including phenoxy) is 1. The Kier molecular flexibility index (Phi) is 6.46. The van der Waals surface area contributed by atoms with Crippen molar-refractivity contribution in [2.45, 2.75) is 10.8 Å². The van der Waals surface area contributed by atoms with Gasteiger partial charge in [0.05, 0.1) is 7.11 Å². The molecule has 0 amide bonds. The number of halogens is 1. The lowest BCUT2D eigenvalue weighted by Crippen LogP contribution is -2.29. The van der Waals surface area contributed by atoms with Crippen molar-refractivity contribution in [3.63, 3.8) is 0 Å². The lowest BCUT2D eigenvalue weighted by Gasteiger charge is -2.18. The topological polar surface area (TPSA) is 46.6 Å². The Morgan fingerprint density at radius 1 is 1.42 bits per heavy atom. The Hall–Kier alpha value is -0.430. The summed E-state index contributed by atoms with van der Waals surface area (Å²) in [5.74, 6) is 1.39. The number of benzene rings is 1. The van der Waals surface area contributed by atoms with Crippen LogP contribution in [0.5, 0.6) is 5.75 Å². The van der Waals surface area contributed by atoms with Crippen LogP contribution < -0.4 is 4.74 Å². The molecule has 1 aromatic carbocycles. The summed E-state index contributed by atoms with van der Waals surface area (Å²) in [6, 6.07) is 4.90. The third-order valence-corrected chi connectivity index (χ3v) is 5.48. The van der Waals surface area contributed by atoms with Gasteiger partial charge < -0.3 is 4.74 Å². The van der Waals surface area contributed by atoms with E-state index in [1.54, 1.807) is 37.0 Å². The molecule has 1 rings (SSSR count). The number of rotatable bonds is 7. The van der Waals surface area contributed by atoms with Gasteiger partial charge in [-0.2, -0.15) is 16.1 Å². The van der Waals surface area contributed by atoms with Crippen molar-refractivity contribution in [3.05, 3.63) is 23.8 Å². The molecule has 4 nitrogen and oxygen atoms in total. The van der Waals surface area contributed by atoms with Crippen LogP contribution in [0.2, 0.25) is 0 Å². The Labute approximate surface area is 124 Å². The molecule has 19 heavy (non-hydrogen) atoms. The van der Waals surface area contributed by atoms with Crippen molar-refractivity contribution < 1.29 is 13.2 Å². The summed E-state index contributed by atoms with van der Waals surface area (Å²) in [5, 5.41) is 0. The highest BCUT2D eigenvalue weighted by molar-refractivity contribution is 7.98. The van der Waals surface area contributed by atoms with Crippen LogP contribution in [0.3, 0.4) is 0 Å². The predicted octanol–water partition coefficient (Wildman–Crippen LogP) is 2.42. The quantitative estimate of drug-likeness (QED) is 0.723. The number of alkyl halides is 1. The summed E-state index contributed by atoms with van der Waals surface area (Å²) in [6.45, 7) is 0.462. The van der Waals surface area contributed by atoms with Crippen LogP contribution in [0.25, 0.3) is 0 Å². The van der Waals surface area contributed by atoms with Gasteiger partial charge in [-0.05, 0) is 24.0 Å². The molecular formula is C12H18ClNO3S2. The minimum atomic E-state index is -3.53. The van der Waals surface area contributed by atoms with Crippen molar-refractivity contribution >= 4 is 33.4 Å². The molecular weight excluding hydrogens is 306 g/mol. The molecule has 0 atom stereocenters. The Morgan fingerprint density at radius 2 is 2.11 bits per heavy atom. The molecule has 0 spiro atoms. The van der Waals surface area contributed by atoms with Crippen molar-refractivity contribution in [1.82, 2.24) is 4.31 Å². The van der Waals surface area contributed by atoms with Gasteiger partial charge in [-0.15, -0.1) is 11.6 Å². The van der Waals surface area contributed by atoms with Gasteiger partial charge in [-0.1, -0.05) is 6.07 Å². The third kappa shape index (κ3) is 4.02. The van der Waals surface area contributed by atoms with Gasteiger partial charge >= 0.3 is 0 Å². The average molecular weight is 324 g/mol. The molecule has 108 valence electrons. The smallest absolute Gasteiger partial charge is 0.246 e. The van der Waals surface area contributed by atoms with E-state index in [-0.39, 0.29) is 4.90 Å². The SMILES string of the molecule is COc1cc(CCl)ccc1S(=O)(=O)N(C)CCSC. The van der Waals surface area contributed by atoms with Crippen LogP contribution in [-0.2, 0) is 15.9 Å². The summed E-state index contributed by atoms with van der Waals surface area (Å²) in [7, 11) is -0.505. The zero-order chi connectivity index (χ0) is 14.5. The monoisotopic (exact) mass is 323 g/mol. The number of hydrogen-bond donors (Lipinski definition) is 0. The molecule has 0 saturated heterocycles. The van der Waals surface area contributed by atoms with Crippen molar-refractivity contribution in [3.8, 4) is 5.75 Å². The molecule has 1 aromatic rings. The zero-order valence-corrected chi connectivity index (χ0v) is 13.6. The van der Waals surface area contributed by atoms with E-state index in [1.165, 1.54) is 11.4 Å². The Bertz CT molecular complexity index is 520. The Morgan fingerprint density at radius 3 is 2.63 bits per heavy atom. The summed E-state index contributed by atoms with van der Waals surface area (Å²) in [6.07, 6.45) is 1.94. The number of nitrogens with zero attached hydrogens (tertiary/aromatic N) is 1. The fourth-order valence-corrected chi connectivity index (χ4v) is 3.56. The maximum absolute atomic E-state index is 12.4. The van der Waals surface area contributed by atoms with E-state index >= 15 is 0 Å². The minimum Gasteiger partial charge on any atom is -0.495 e. The van der Waals surface area contributed by atoms with Gasteiger partial charge in [0.15, 0.2) is 0 Å². The lowest BCUT2D eigenvalue weighted by molar-refractivity contribution is 0.398. The van der Waals surface area contributed by atoms with Crippen LogP contribution in [0.1, 0.15) is 5.56 Å². The molecule has 0 aliphatic heterocycles. The highest BCUT2D eigenvalue weighted by Crippen LogP contribution is 2.27. The first kappa shape index (κ1) is 16.6. The molecule has 0 heterocycles. The maximum atomic E-state index is 12.4. The van der Waals surface area contributed by atoms with Crippen LogP contribution >= 0.6 is 23.4 Å². The number of sulfonamides is 1. The van der Waals surface area contributed by atoms with E-state index in [0.717, 1.165) is 11.3 Å². The van der Waals surface area contributed by atoms with E-state index in [0.29, 0.717) is 18.2 Å². The van der Waals surface area contributed by atoms with E-state index < -0.39 is 10.0 Å². The predicted molar refractivity (Wildman–Crippen MR) is 80.7 cm³/mol. The van der Waals surface area contributed by atoms with Gasteiger partial charge in [0, 0.05) is 25.2 Å². The van der Waals surface area contributed by atoms with Crippen LogP contribution in [0.15, 0.2) is 23.1 Å². The minimum absolute atomic E-state index is 0.174. The first-order chi connectivity index (χ1) is 8.97. The number of thioether (sulfide) groups is 1. The summed E-state index contributed by atoms with van der Waals surface area (Å²) >= 11 is 7.34. The number of methoxy groups -OCH3 is 1. The van der Waals surface area contributed by atoms with E-state index in [2.05, 4.69) is 0 Å². The highest BCUT2D eigenvalue weighted by atomic mass is 35.5. The van der Waals surface area contributed by atoms with Crippen LogP contribution in [0, 0.1) is 0 Å². The Balaban J connectivity index is 3.13. The number of hydrogen-bond acceptors (Lipinski definition) is 4. The van der Waals surface area contributed by atoms with E-state index in [1.807, 2.05) is 6.26 Å². The van der Waals surface area contributed by atoms with Gasteiger partial charge in [-0.25, -0.2) is 8.42 Å². The molecule has 0 bridgehead atoms.